The molecule has 48 heavy (non-hydrogen) atoms. The Morgan fingerprint density at radius 3 is 2.31 bits per heavy atom. The SMILES string of the molecule is COc1ccc(/C=C/C(=O)c2ccc(OC)c3c2OC(C)(C)C=C3)cc1NC(=O)C(NC(=O)OC(C)(C)C)C(C)OCc1ccccc1. The summed E-state index contributed by atoms with van der Waals surface area (Å²) in [6.45, 7) is 11.0. The minimum Gasteiger partial charge on any atom is -0.496 e. The molecule has 0 radical (unpaired) electrons. The second kappa shape index (κ2) is 15.2. The number of allylic oxidation sites excluding steroid dienone is 1. The van der Waals surface area contributed by atoms with Gasteiger partial charge in [0.15, 0.2) is 5.78 Å². The monoisotopic (exact) mass is 656 g/mol. The molecule has 1 heterocycles. The molecule has 254 valence electrons. The smallest absolute Gasteiger partial charge is 0.408 e. The maximum absolute atomic E-state index is 13.7. The predicted molar refractivity (Wildman–Crippen MR) is 186 cm³/mol. The van der Waals surface area contributed by atoms with Crippen molar-refractivity contribution in [2.24, 2.45) is 0 Å². The summed E-state index contributed by atoms with van der Waals surface area (Å²) in [4.78, 5) is 39.9. The lowest BCUT2D eigenvalue weighted by Crippen LogP contribution is -2.52. The van der Waals surface area contributed by atoms with Crippen LogP contribution in [0.5, 0.6) is 17.2 Å². The first-order chi connectivity index (χ1) is 22.7. The highest BCUT2D eigenvalue weighted by Gasteiger charge is 2.31. The Morgan fingerprint density at radius 2 is 1.65 bits per heavy atom. The van der Waals surface area contributed by atoms with Gasteiger partial charge in [0.05, 0.1) is 43.7 Å². The van der Waals surface area contributed by atoms with Gasteiger partial charge in [0, 0.05) is 0 Å². The minimum atomic E-state index is -1.12. The molecule has 0 fully saturated rings. The summed E-state index contributed by atoms with van der Waals surface area (Å²) in [6, 6.07) is 16.9. The maximum Gasteiger partial charge on any atom is 0.408 e. The third-order valence-corrected chi connectivity index (χ3v) is 7.35. The second-order valence-corrected chi connectivity index (χ2v) is 12.9. The third kappa shape index (κ3) is 9.48. The number of methoxy groups -OCH3 is 2. The number of hydrogen-bond donors (Lipinski definition) is 2. The number of amides is 2. The Morgan fingerprint density at radius 1 is 0.958 bits per heavy atom. The van der Waals surface area contributed by atoms with Crippen LogP contribution in [-0.4, -0.2) is 55.4 Å². The van der Waals surface area contributed by atoms with E-state index in [0.717, 1.165) is 5.56 Å². The van der Waals surface area contributed by atoms with Gasteiger partial charge in [0.1, 0.15) is 34.5 Å². The summed E-state index contributed by atoms with van der Waals surface area (Å²) in [5.74, 6) is 0.618. The van der Waals surface area contributed by atoms with Gasteiger partial charge in [-0.1, -0.05) is 42.5 Å². The van der Waals surface area contributed by atoms with Gasteiger partial charge in [-0.05, 0) is 95.2 Å². The Balaban J connectivity index is 1.56. The van der Waals surface area contributed by atoms with Crippen LogP contribution in [0.15, 0.2) is 72.8 Å². The molecule has 0 bridgehead atoms. The van der Waals surface area contributed by atoms with E-state index >= 15 is 0 Å². The first-order valence-electron chi connectivity index (χ1n) is 15.7. The van der Waals surface area contributed by atoms with Crippen molar-refractivity contribution in [3.8, 4) is 17.2 Å². The van der Waals surface area contributed by atoms with Gasteiger partial charge in [-0.3, -0.25) is 9.59 Å². The topological polar surface area (TPSA) is 121 Å². The van der Waals surface area contributed by atoms with Gasteiger partial charge >= 0.3 is 6.09 Å². The summed E-state index contributed by atoms with van der Waals surface area (Å²) in [5.41, 5.74) is 1.59. The molecule has 3 aromatic rings. The van der Waals surface area contributed by atoms with Crippen LogP contribution >= 0.6 is 0 Å². The van der Waals surface area contributed by atoms with Crippen molar-refractivity contribution in [3.63, 3.8) is 0 Å². The van der Waals surface area contributed by atoms with E-state index in [4.69, 9.17) is 23.7 Å². The summed E-state index contributed by atoms with van der Waals surface area (Å²) in [5, 5.41) is 5.51. The lowest BCUT2D eigenvalue weighted by Gasteiger charge is -2.29. The molecular weight excluding hydrogens is 612 g/mol. The van der Waals surface area contributed by atoms with Crippen LogP contribution in [0.4, 0.5) is 10.5 Å². The fourth-order valence-electron chi connectivity index (χ4n) is 4.93. The van der Waals surface area contributed by atoms with Crippen LogP contribution in [0.2, 0.25) is 0 Å². The Kier molecular flexibility index (Phi) is 11.3. The zero-order chi connectivity index (χ0) is 35.1. The van der Waals surface area contributed by atoms with Gasteiger partial charge in [-0.25, -0.2) is 4.79 Å². The highest BCUT2D eigenvalue weighted by molar-refractivity contribution is 6.09. The zero-order valence-corrected chi connectivity index (χ0v) is 28.7. The quantitative estimate of drug-likeness (QED) is 0.155. The van der Waals surface area contributed by atoms with E-state index < -0.39 is 35.3 Å². The second-order valence-electron chi connectivity index (χ2n) is 12.9. The van der Waals surface area contributed by atoms with Crippen LogP contribution in [0.3, 0.4) is 0 Å². The van der Waals surface area contributed by atoms with Crippen LogP contribution in [-0.2, 0) is 20.9 Å². The number of benzene rings is 3. The number of carbonyl (C=O) groups excluding carboxylic acids is 3. The maximum atomic E-state index is 13.7. The van der Waals surface area contributed by atoms with E-state index in [1.165, 1.54) is 13.2 Å². The van der Waals surface area contributed by atoms with E-state index in [-0.39, 0.29) is 12.4 Å². The van der Waals surface area contributed by atoms with Crippen LogP contribution in [0, 0.1) is 0 Å². The number of hydrogen-bond acceptors (Lipinski definition) is 8. The van der Waals surface area contributed by atoms with Crippen molar-refractivity contribution in [1.29, 1.82) is 0 Å². The van der Waals surface area contributed by atoms with E-state index in [9.17, 15) is 14.4 Å². The molecule has 2 atom stereocenters. The summed E-state index contributed by atoms with van der Waals surface area (Å²) in [7, 11) is 3.05. The average Bonchev–Trinajstić information content (AvgIpc) is 3.03. The zero-order valence-electron chi connectivity index (χ0n) is 28.7. The van der Waals surface area contributed by atoms with Gasteiger partial charge in [0.2, 0.25) is 5.91 Å². The van der Waals surface area contributed by atoms with Gasteiger partial charge in [-0.15, -0.1) is 0 Å². The Labute approximate surface area is 282 Å². The molecule has 10 heteroatoms. The summed E-state index contributed by atoms with van der Waals surface area (Å²) >= 11 is 0. The van der Waals surface area contributed by atoms with Gasteiger partial charge in [-0.2, -0.15) is 0 Å². The molecule has 4 rings (SSSR count). The molecule has 2 unspecified atom stereocenters. The normalized spacial score (nSPS) is 14.7. The fraction of sp³-hybridized carbons (Fsp3) is 0.342. The van der Waals surface area contributed by atoms with Crippen LogP contribution in [0.1, 0.15) is 68.6 Å². The standard InChI is InChI=1S/C38H44N2O8/c1-24(46-23-26-12-10-9-11-13-26)33(40-36(43)48-37(2,3)4)35(42)39-29-22-25(15-18-32(29)45-8)14-17-30(41)27-16-19-31(44-7)28-20-21-38(5,6)47-34(27)28/h9-22,24,33H,23H2,1-8H3,(H,39,42)(H,40,43)/b17-14+. The molecule has 0 spiro atoms. The van der Waals surface area contributed by atoms with Crippen molar-refractivity contribution in [2.45, 2.75) is 71.5 Å². The number of ether oxygens (including phenoxy) is 5. The largest absolute Gasteiger partial charge is 0.496 e. The number of fused-ring (bicyclic) bond motifs is 1. The molecule has 2 N–H and O–H groups in total. The molecule has 0 aliphatic carbocycles. The lowest BCUT2D eigenvalue weighted by molar-refractivity contribution is -0.122. The van der Waals surface area contributed by atoms with E-state index in [1.54, 1.807) is 71.2 Å². The first-order valence-corrected chi connectivity index (χ1v) is 15.7. The van der Waals surface area contributed by atoms with Crippen LogP contribution < -0.4 is 24.8 Å². The predicted octanol–water partition coefficient (Wildman–Crippen LogP) is 7.22. The molecule has 0 saturated carbocycles. The average molecular weight is 657 g/mol. The summed E-state index contributed by atoms with van der Waals surface area (Å²) in [6.07, 6.45) is 5.40. The number of carbonyl (C=O) groups is 3. The molecule has 2 amide bonds. The first kappa shape index (κ1) is 35.8. The van der Waals surface area contributed by atoms with E-state index in [1.807, 2.05) is 56.3 Å². The lowest BCUT2D eigenvalue weighted by atomic mass is 9.97. The summed E-state index contributed by atoms with van der Waals surface area (Å²) < 4.78 is 28.6. The number of anilines is 1. The van der Waals surface area contributed by atoms with E-state index in [2.05, 4.69) is 10.6 Å². The molecule has 1 aliphatic heterocycles. The minimum absolute atomic E-state index is 0.232. The fourth-order valence-corrected chi connectivity index (χ4v) is 4.93. The Hall–Kier alpha value is -5.09. The van der Waals surface area contributed by atoms with Crippen molar-refractivity contribution >= 4 is 35.6 Å². The Bertz CT molecular complexity index is 1690. The third-order valence-electron chi connectivity index (χ3n) is 7.35. The number of rotatable bonds is 12. The molecule has 0 aromatic heterocycles. The van der Waals surface area contributed by atoms with Crippen molar-refractivity contribution in [1.82, 2.24) is 5.32 Å². The van der Waals surface area contributed by atoms with Crippen molar-refractivity contribution < 1.29 is 38.1 Å². The van der Waals surface area contributed by atoms with E-state index in [0.29, 0.717) is 39.6 Å². The molecule has 3 aromatic carbocycles. The van der Waals surface area contributed by atoms with Crippen LogP contribution in [0.25, 0.3) is 12.2 Å². The number of alkyl carbamates (subject to hydrolysis) is 1. The van der Waals surface area contributed by atoms with Gasteiger partial charge in [0.25, 0.3) is 0 Å². The van der Waals surface area contributed by atoms with Crippen molar-refractivity contribution in [3.05, 3.63) is 95.1 Å². The molecular formula is C38H44N2O8. The van der Waals surface area contributed by atoms with Crippen molar-refractivity contribution in [2.75, 3.05) is 19.5 Å². The molecule has 1 aliphatic rings. The molecule has 10 nitrogen and oxygen atoms in total. The van der Waals surface area contributed by atoms with Gasteiger partial charge < -0.3 is 34.3 Å². The highest BCUT2D eigenvalue weighted by atomic mass is 16.6. The number of ketones is 1. The number of nitrogens with one attached hydrogen (secondary N) is 2. The molecule has 0 saturated heterocycles. The highest BCUT2D eigenvalue weighted by Crippen LogP contribution is 2.40.